The lowest BCUT2D eigenvalue weighted by Gasteiger charge is -2.09. The van der Waals surface area contributed by atoms with Crippen LogP contribution in [0.15, 0.2) is 95.5 Å². The molecule has 12 aromatic heterocycles. The van der Waals surface area contributed by atoms with Crippen LogP contribution < -0.4 is 67.5 Å². The lowest BCUT2D eigenvalue weighted by atomic mass is 10.2. The Bertz CT molecular complexity index is 6460. The highest BCUT2D eigenvalue weighted by Crippen LogP contribution is 2.13. The number of aromatic nitrogens is 24. The third kappa shape index (κ3) is 22.8. The summed E-state index contributed by atoms with van der Waals surface area (Å²) in [5.41, 5.74) is -2.78. The van der Waals surface area contributed by atoms with Crippen molar-refractivity contribution < 1.29 is 43.0 Å². The van der Waals surface area contributed by atoms with Crippen LogP contribution in [0, 0.1) is 0 Å². The van der Waals surface area contributed by atoms with Gasteiger partial charge in [-0.05, 0) is 157 Å². The van der Waals surface area contributed by atoms with Gasteiger partial charge in [-0.3, -0.25) is 83.6 Å². The maximum Gasteiger partial charge on any atom is 0.332 e. The summed E-state index contributed by atoms with van der Waals surface area (Å²) in [6, 6.07) is 0. The van der Waals surface area contributed by atoms with Crippen LogP contribution >= 0.6 is 0 Å². The van der Waals surface area contributed by atoms with Crippen molar-refractivity contribution >= 4 is 67.0 Å². The van der Waals surface area contributed by atoms with Gasteiger partial charge in [-0.2, -0.15) is 0 Å². The fourth-order valence-electron chi connectivity index (χ4n) is 13.4. The number of unbranched alkanes of at least 4 members (excludes halogenated alkanes) is 6. The number of hydrogen-bond acceptors (Lipinski definition) is 24. The normalized spacial score (nSPS) is 15.1. The second kappa shape index (κ2) is 43.1. The molecule has 0 radical (unpaired) electrons. The highest BCUT2D eigenvalue weighted by molar-refractivity contribution is 5.73. The Morgan fingerprint density at radius 3 is 0.558 bits per heavy atom. The Kier molecular flexibility index (Phi) is 29.6. The molecule has 660 valence electrons. The Balaban J connectivity index is 0.000000212. The van der Waals surface area contributed by atoms with E-state index in [9.17, 15) is 88.2 Å². The van der Waals surface area contributed by atoms with Crippen molar-refractivity contribution in [3.8, 4) is 0 Å². The van der Waals surface area contributed by atoms with Crippen molar-refractivity contribution in [2.45, 2.75) is 233 Å². The molecule has 0 aliphatic carbocycles. The highest BCUT2D eigenvalue weighted by Gasteiger charge is 2.22. The second-order valence-electron chi connectivity index (χ2n) is 30.1. The van der Waals surface area contributed by atoms with E-state index in [1.807, 2.05) is 0 Å². The van der Waals surface area contributed by atoms with Crippen molar-refractivity contribution in [3.05, 3.63) is 163 Å². The SMILES string of the molecule is C[C@H](O)CCCCn1c(=O)c2c(ncn2C)n(C)c1=O.C[C@H](O)CCCCn1c(=O)c2c(ncn2C)n(C)c1=O.[2H]C([2H])([2H])n1c(=O)n(CCCC[C@H](C)O)c(=O)c2c1ncn2C.[2H]C([2H])([2H])n1c(=O)n(CCCC[C@]([2H])(C)O)c(=O)c2c1ncn2C.[2H][C@@](C)(O)CCCCn1c(=O)c2c(ncn2C)n(C)c1=O.[2H][C@@](C)(O)CCCCn1c(=O)c2c(ncn2C)n(C)c1=O. The Hall–Kier alpha value is -11.3. The molecule has 12 rings (SSSR count). The third-order valence-electron chi connectivity index (χ3n) is 20.1. The quantitative estimate of drug-likeness (QED) is 0.0320. The topological polar surface area (TPSA) is 492 Å². The molecular weight excluding hydrogens is 1560 g/mol. The van der Waals surface area contributed by atoms with E-state index in [4.69, 9.17) is 12.3 Å². The number of aliphatic hydroxyl groups excluding tert-OH is 3. The molecular formula is C78H120N24O18. The standard InChI is InChI=1S/6C13H20N4O3/c6*1-9(18)6-4-5-7-17-12(19)10-11(14-8-15(10)2)16(3)13(17)20/h6*8-9,18H,4-7H2,1-3H3/t6*9-/m000000/s1/i3D3,9D;2*9D;3D3;;. The van der Waals surface area contributed by atoms with Gasteiger partial charge in [-0.1, -0.05) is 0 Å². The summed E-state index contributed by atoms with van der Waals surface area (Å²) in [5, 5.41) is 55.7. The Morgan fingerprint density at radius 1 is 0.258 bits per heavy atom. The van der Waals surface area contributed by atoms with Crippen LogP contribution in [0.4, 0.5) is 0 Å². The van der Waals surface area contributed by atoms with Crippen LogP contribution in [-0.2, 0) is 124 Å². The fourth-order valence-corrected chi connectivity index (χ4v) is 13.4. The monoisotopic (exact) mass is 1690 g/mol. The van der Waals surface area contributed by atoms with E-state index >= 15 is 0 Å². The van der Waals surface area contributed by atoms with Gasteiger partial charge >= 0.3 is 34.1 Å². The summed E-state index contributed by atoms with van der Waals surface area (Å²) in [5.74, 6) is 0. The molecule has 0 spiro atoms. The number of aliphatic hydroxyl groups is 6. The van der Waals surface area contributed by atoms with E-state index in [1.54, 1.807) is 110 Å². The van der Waals surface area contributed by atoms with Crippen molar-refractivity contribution in [2.75, 3.05) is 0 Å². The summed E-state index contributed by atoms with van der Waals surface area (Å²) < 4.78 is 89.9. The molecule has 0 amide bonds. The Morgan fingerprint density at radius 2 is 0.408 bits per heavy atom. The van der Waals surface area contributed by atoms with Gasteiger partial charge in [0.05, 0.1) is 78.6 Å². The average molecular weight is 1690 g/mol. The van der Waals surface area contributed by atoms with Crippen molar-refractivity contribution in [3.63, 3.8) is 0 Å². The summed E-state index contributed by atoms with van der Waals surface area (Å²) in [6.07, 6.45) is 12.7. The first-order chi connectivity index (χ1) is 59.9. The number of fused-ring (bicyclic) bond motifs is 6. The first kappa shape index (κ1) is 82.4. The van der Waals surface area contributed by atoms with E-state index in [-0.39, 0.29) is 101 Å². The molecule has 0 saturated carbocycles. The third-order valence-corrected chi connectivity index (χ3v) is 20.1. The predicted molar refractivity (Wildman–Crippen MR) is 454 cm³/mol. The minimum Gasteiger partial charge on any atom is -0.393 e. The molecule has 12 aromatic rings. The van der Waals surface area contributed by atoms with Crippen LogP contribution in [0.1, 0.15) is 169 Å². The van der Waals surface area contributed by atoms with Crippen LogP contribution in [0.5, 0.6) is 0 Å². The molecule has 0 bridgehead atoms. The lowest BCUT2D eigenvalue weighted by Crippen LogP contribution is -2.39. The number of hydrogen-bond donors (Lipinski definition) is 6. The molecule has 12 heterocycles. The molecule has 0 fully saturated rings. The summed E-state index contributed by atoms with van der Waals surface area (Å²) in [7, 11) is 16.4. The lowest BCUT2D eigenvalue weighted by molar-refractivity contribution is 0.179. The van der Waals surface area contributed by atoms with Crippen LogP contribution in [-0.4, -0.2) is 179 Å². The second-order valence-corrected chi connectivity index (χ2v) is 30.1. The van der Waals surface area contributed by atoms with Crippen LogP contribution in [0.2, 0.25) is 0 Å². The van der Waals surface area contributed by atoms with Crippen molar-refractivity contribution in [2.24, 2.45) is 84.4 Å². The van der Waals surface area contributed by atoms with Gasteiger partial charge in [0.1, 0.15) is 0 Å². The molecule has 0 aliphatic heterocycles. The number of rotatable bonds is 30. The fraction of sp³-hybridized carbons (Fsp3) is 0.615. The number of nitrogens with zero attached hydrogens (tertiary/aromatic N) is 24. The van der Waals surface area contributed by atoms with Crippen LogP contribution in [0.25, 0.3) is 67.0 Å². The molecule has 42 heteroatoms. The number of imidazole rings is 6. The largest absolute Gasteiger partial charge is 0.393 e. The molecule has 6 N–H and O–H groups in total. The summed E-state index contributed by atoms with van der Waals surface area (Å²) in [4.78, 5) is 172. The Labute approximate surface area is 700 Å². The molecule has 6 atom stereocenters. The molecule has 0 unspecified atom stereocenters. The first-order valence-electron chi connectivity index (χ1n) is 43.9. The summed E-state index contributed by atoms with van der Waals surface area (Å²) >= 11 is 0. The smallest absolute Gasteiger partial charge is 0.332 e. The van der Waals surface area contributed by atoms with Gasteiger partial charge in [-0.25, -0.2) is 58.7 Å². The van der Waals surface area contributed by atoms with Gasteiger partial charge in [0.15, 0.2) is 67.0 Å². The predicted octanol–water partition coefficient (Wildman–Crippen LogP) is -0.0912. The van der Waals surface area contributed by atoms with E-state index in [1.165, 1.54) is 104 Å². The molecule has 0 aliphatic rings. The zero-order valence-electron chi connectivity index (χ0n) is 80.0. The van der Waals surface area contributed by atoms with E-state index in [0.717, 1.165) is 22.0 Å². The average Bonchev–Trinajstić information content (AvgIpc) is 1.64. The summed E-state index contributed by atoms with van der Waals surface area (Å²) in [6.45, 7) is 5.18. The minimum absolute atomic E-state index is 0.00491. The van der Waals surface area contributed by atoms with E-state index < -0.39 is 72.2 Å². The molecule has 42 nitrogen and oxygen atoms in total. The van der Waals surface area contributed by atoms with E-state index in [2.05, 4.69) is 29.9 Å². The first-order valence-corrected chi connectivity index (χ1v) is 39.4. The van der Waals surface area contributed by atoms with Crippen LogP contribution in [0.3, 0.4) is 0 Å². The number of aryl methyl sites for hydroxylation is 12. The van der Waals surface area contributed by atoms with E-state index in [0.29, 0.717) is 163 Å². The maximum atomic E-state index is 12.5. The zero-order valence-corrected chi connectivity index (χ0v) is 71.0. The highest BCUT2D eigenvalue weighted by atomic mass is 16.3. The van der Waals surface area contributed by atoms with Crippen molar-refractivity contribution in [1.29, 1.82) is 0 Å². The minimum atomic E-state index is -2.76. The van der Waals surface area contributed by atoms with Gasteiger partial charge in [0.25, 0.3) is 33.4 Å². The maximum absolute atomic E-state index is 12.5. The van der Waals surface area contributed by atoms with Gasteiger partial charge in [0, 0.05) is 132 Å². The zero-order chi connectivity index (χ0) is 96.9. The molecule has 0 aromatic carbocycles. The van der Waals surface area contributed by atoms with Gasteiger partial charge in [0.2, 0.25) is 0 Å². The molecule has 0 saturated heterocycles. The van der Waals surface area contributed by atoms with Gasteiger partial charge < -0.3 is 58.0 Å². The molecule has 120 heavy (non-hydrogen) atoms. The van der Waals surface area contributed by atoms with Crippen molar-refractivity contribution in [1.82, 2.24) is 112 Å². The van der Waals surface area contributed by atoms with Gasteiger partial charge in [-0.15, -0.1) is 0 Å².